The summed E-state index contributed by atoms with van der Waals surface area (Å²) in [6.07, 6.45) is 0. The van der Waals surface area contributed by atoms with Crippen molar-refractivity contribution in [2.45, 2.75) is 3.23 Å². The Morgan fingerprint density at radius 1 is 0.944 bits per heavy atom. The minimum absolute atomic E-state index is 0.126. The molecule has 0 aliphatic heterocycles. The van der Waals surface area contributed by atoms with E-state index in [1.54, 1.807) is 24.3 Å². The Balaban J connectivity index is 2.43. The monoisotopic (exact) mass is 386 g/mol. The van der Waals surface area contributed by atoms with Gasteiger partial charge in [-0.2, -0.15) is 0 Å². The third-order valence-corrected chi connectivity index (χ3v) is 4.51. The second-order valence-corrected chi connectivity index (χ2v) is 7.60. The van der Waals surface area contributed by atoms with Crippen LogP contribution in [0.4, 0.5) is 0 Å². The molecule has 0 atom stereocenters. The number of benzene rings is 2. The first-order valence-electron chi connectivity index (χ1n) is 5.26. The van der Waals surface area contributed by atoms with Gasteiger partial charge in [0.15, 0.2) is 9.02 Å². The van der Waals surface area contributed by atoms with Crippen molar-refractivity contribution in [3.8, 4) is 0 Å². The number of Topliss-reactive ketones (excluding diaryl/α,β-unsaturated/α-hetero) is 1. The molecule has 0 N–H and O–H groups in total. The normalized spacial score (nSPS) is 11.3. The molecule has 0 aliphatic rings. The highest BCUT2D eigenvalue weighted by atomic mass is 79.9. The number of alkyl halides is 2. The van der Waals surface area contributed by atoms with Crippen LogP contribution in [0.1, 0.15) is 15.9 Å². The lowest BCUT2D eigenvalue weighted by molar-refractivity contribution is 0.0982. The van der Waals surface area contributed by atoms with Gasteiger partial charge in [-0.15, -0.1) is 0 Å². The Bertz CT molecular complexity index is 567. The molecule has 0 bridgehead atoms. The summed E-state index contributed by atoms with van der Waals surface area (Å²) < 4.78 is -0.952. The van der Waals surface area contributed by atoms with E-state index in [-0.39, 0.29) is 5.78 Å². The Morgan fingerprint density at radius 2 is 1.50 bits per heavy atom. The molecule has 0 spiro atoms. The van der Waals surface area contributed by atoms with Gasteiger partial charge < -0.3 is 0 Å². The fourth-order valence-electron chi connectivity index (χ4n) is 1.59. The van der Waals surface area contributed by atoms with E-state index >= 15 is 0 Å². The molecule has 4 heteroatoms. The molecule has 0 radical (unpaired) electrons. The molecule has 92 valence electrons. The molecule has 2 rings (SSSR count). The van der Waals surface area contributed by atoms with Gasteiger partial charge in [0.2, 0.25) is 0 Å². The molecule has 0 aliphatic carbocycles. The second-order valence-electron chi connectivity index (χ2n) is 3.75. The van der Waals surface area contributed by atoms with Gasteiger partial charge in [0, 0.05) is 5.56 Å². The van der Waals surface area contributed by atoms with Crippen molar-refractivity contribution in [1.82, 2.24) is 0 Å². The molecule has 2 aromatic rings. The lowest BCUT2D eigenvalue weighted by atomic mass is 10.0. The van der Waals surface area contributed by atoms with Crippen molar-refractivity contribution < 1.29 is 4.79 Å². The number of rotatable bonds is 3. The smallest absolute Gasteiger partial charge is 0.196 e. The fraction of sp³-hybridized carbons (Fsp3) is 0.0714. The minimum Gasteiger partial charge on any atom is -0.291 e. The van der Waals surface area contributed by atoms with Crippen molar-refractivity contribution in [2.24, 2.45) is 0 Å². The summed E-state index contributed by atoms with van der Waals surface area (Å²) in [6, 6.07) is 16.4. The van der Waals surface area contributed by atoms with E-state index in [1.165, 1.54) is 0 Å². The highest BCUT2D eigenvalue weighted by molar-refractivity contribution is 9.25. The zero-order chi connectivity index (χ0) is 13.2. The maximum atomic E-state index is 12.5. The van der Waals surface area contributed by atoms with Gasteiger partial charge in [-0.05, 0) is 17.7 Å². The van der Waals surface area contributed by atoms with Crippen LogP contribution in [0.5, 0.6) is 0 Å². The van der Waals surface area contributed by atoms with Crippen molar-refractivity contribution in [1.29, 1.82) is 0 Å². The molecular weight excluding hydrogens is 379 g/mol. The second kappa shape index (κ2) is 5.55. The van der Waals surface area contributed by atoms with E-state index in [2.05, 4.69) is 31.9 Å². The summed E-state index contributed by atoms with van der Waals surface area (Å²) in [5.74, 6) is -0.126. The Labute approximate surface area is 127 Å². The average molecular weight is 388 g/mol. The van der Waals surface area contributed by atoms with Crippen LogP contribution in [0, 0.1) is 0 Å². The first-order valence-corrected chi connectivity index (χ1v) is 7.22. The van der Waals surface area contributed by atoms with E-state index in [0.29, 0.717) is 10.6 Å². The summed E-state index contributed by atoms with van der Waals surface area (Å²) in [5.41, 5.74) is 1.31. The summed E-state index contributed by atoms with van der Waals surface area (Å²) >= 11 is 12.9. The predicted molar refractivity (Wildman–Crippen MR) is 81.8 cm³/mol. The lowest BCUT2D eigenvalue weighted by Crippen LogP contribution is -2.22. The van der Waals surface area contributed by atoms with Crippen LogP contribution < -0.4 is 0 Å². The van der Waals surface area contributed by atoms with E-state index in [1.807, 2.05) is 30.3 Å². The third kappa shape index (κ3) is 2.68. The number of carbonyl (C=O) groups is 1. The highest BCUT2D eigenvalue weighted by Crippen LogP contribution is 2.42. The number of halogens is 3. The van der Waals surface area contributed by atoms with E-state index in [9.17, 15) is 4.79 Å². The van der Waals surface area contributed by atoms with E-state index < -0.39 is 3.23 Å². The molecular formula is C14H9Br2ClO. The van der Waals surface area contributed by atoms with Crippen molar-refractivity contribution in [3.05, 3.63) is 70.7 Å². The first-order chi connectivity index (χ1) is 8.53. The fourth-order valence-corrected chi connectivity index (χ4v) is 2.77. The van der Waals surface area contributed by atoms with Crippen LogP contribution >= 0.6 is 43.5 Å². The van der Waals surface area contributed by atoms with Crippen molar-refractivity contribution >= 4 is 49.2 Å². The Kier molecular flexibility index (Phi) is 4.25. The van der Waals surface area contributed by atoms with E-state index in [0.717, 1.165) is 5.56 Å². The van der Waals surface area contributed by atoms with Gasteiger partial charge in [0.25, 0.3) is 0 Å². The summed E-state index contributed by atoms with van der Waals surface area (Å²) in [5, 5.41) is 0.446. The quantitative estimate of drug-likeness (QED) is 0.524. The molecule has 0 heterocycles. The molecule has 0 amide bonds. The molecule has 0 fully saturated rings. The molecule has 0 saturated carbocycles. The standard InChI is InChI=1S/C14H9Br2ClO/c15-14(16,10-6-2-1-3-7-10)13(18)11-8-4-5-9-12(11)17/h1-9H. The van der Waals surface area contributed by atoms with Gasteiger partial charge >= 0.3 is 0 Å². The molecule has 0 saturated heterocycles. The van der Waals surface area contributed by atoms with Crippen LogP contribution in [0.15, 0.2) is 54.6 Å². The summed E-state index contributed by atoms with van der Waals surface area (Å²) in [4.78, 5) is 12.5. The molecule has 0 unspecified atom stereocenters. The molecule has 2 aromatic carbocycles. The largest absolute Gasteiger partial charge is 0.291 e. The molecule has 18 heavy (non-hydrogen) atoms. The maximum Gasteiger partial charge on any atom is 0.196 e. The Morgan fingerprint density at radius 3 is 2.11 bits per heavy atom. The van der Waals surface area contributed by atoms with Crippen LogP contribution in [0.2, 0.25) is 5.02 Å². The zero-order valence-electron chi connectivity index (χ0n) is 9.24. The van der Waals surface area contributed by atoms with E-state index in [4.69, 9.17) is 11.6 Å². The molecule has 1 nitrogen and oxygen atoms in total. The van der Waals surface area contributed by atoms with Gasteiger partial charge in [0.1, 0.15) is 0 Å². The van der Waals surface area contributed by atoms with Crippen LogP contribution in [0.3, 0.4) is 0 Å². The number of hydrogen-bond acceptors (Lipinski definition) is 1. The van der Waals surface area contributed by atoms with Crippen LogP contribution in [-0.2, 0) is 3.23 Å². The summed E-state index contributed by atoms with van der Waals surface area (Å²) in [6.45, 7) is 0. The number of ketones is 1. The number of carbonyl (C=O) groups excluding carboxylic acids is 1. The average Bonchev–Trinajstić information content (AvgIpc) is 2.39. The summed E-state index contributed by atoms with van der Waals surface area (Å²) in [7, 11) is 0. The highest BCUT2D eigenvalue weighted by Gasteiger charge is 2.35. The topological polar surface area (TPSA) is 17.1 Å². The van der Waals surface area contributed by atoms with Gasteiger partial charge in [-0.3, -0.25) is 4.79 Å². The first kappa shape index (κ1) is 13.8. The predicted octanol–water partition coefficient (Wildman–Crippen LogP) is 5.17. The van der Waals surface area contributed by atoms with Gasteiger partial charge in [0.05, 0.1) is 5.02 Å². The SMILES string of the molecule is O=C(c1ccccc1Cl)C(Br)(Br)c1ccccc1. The molecule has 0 aromatic heterocycles. The number of hydrogen-bond donors (Lipinski definition) is 0. The van der Waals surface area contributed by atoms with Crippen LogP contribution in [0.25, 0.3) is 0 Å². The third-order valence-electron chi connectivity index (χ3n) is 2.54. The lowest BCUT2D eigenvalue weighted by Gasteiger charge is -2.20. The maximum absolute atomic E-state index is 12.5. The van der Waals surface area contributed by atoms with Crippen LogP contribution in [-0.4, -0.2) is 5.78 Å². The Hall–Kier alpha value is -0.640. The van der Waals surface area contributed by atoms with Crippen molar-refractivity contribution in [3.63, 3.8) is 0 Å². The minimum atomic E-state index is -0.952. The van der Waals surface area contributed by atoms with Gasteiger partial charge in [-0.25, -0.2) is 0 Å². The zero-order valence-corrected chi connectivity index (χ0v) is 13.2. The van der Waals surface area contributed by atoms with Gasteiger partial charge in [-0.1, -0.05) is 85.9 Å². The van der Waals surface area contributed by atoms with Crippen molar-refractivity contribution in [2.75, 3.05) is 0 Å².